The van der Waals surface area contributed by atoms with Crippen LogP contribution >= 0.6 is 0 Å². The van der Waals surface area contributed by atoms with E-state index in [-0.39, 0.29) is 6.61 Å². The van der Waals surface area contributed by atoms with E-state index < -0.39 is 0 Å². The van der Waals surface area contributed by atoms with Crippen molar-refractivity contribution in [1.29, 1.82) is 0 Å². The minimum absolute atomic E-state index is 0.238. The van der Waals surface area contributed by atoms with Gasteiger partial charge >= 0.3 is 0 Å². The predicted octanol–water partition coefficient (Wildman–Crippen LogP) is 0.674. The molecule has 1 saturated carbocycles. The molecule has 14 heavy (non-hydrogen) atoms. The zero-order valence-electron chi connectivity index (χ0n) is 9.66. The Hall–Kier alpha value is -0.120. The average Bonchev–Trinajstić information content (AvgIpc) is 2.33. The lowest BCUT2D eigenvalue weighted by Crippen LogP contribution is -2.41. The minimum atomic E-state index is 0.238. The Bertz CT molecular complexity index is 182. The lowest BCUT2D eigenvalue weighted by molar-refractivity contribution is 0.189. The van der Waals surface area contributed by atoms with Crippen LogP contribution in [0.3, 0.4) is 0 Å². The molecule has 1 rings (SSSR count). The highest BCUT2D eigenvalue weighted by molar-refractivity contribution is 4.94. The summed E-state index contributed by atoms with van der Waals surface area (Å²) in [4.78, 5) is 2.17. The fourth-order valence-electron chi connectivity index (χ4n) is 2.41. The van der Waals surface area contributed by atoms with Crippen molar-refractivity contribution in [2.24, 2.45) is 17.1 Å². The second-order valence-electron chi connectivity index (χ2n) is 5.30. The number of aliphatic hydroxyl groups is 1. The van der Waals surface area contributed by atoms with Crippen LogP contribution in [0.15, 0.2) is 0 Å². The second-order valence-corrected chi connectivity index (χ2v) is 5.30. The monoisotopic (exact) mass is 200 g/mol. The Kier molecular flexibility index (Phi) is 3.93. The van der Waals surface area contributed by atoms with Crippen molar-refractivity contribution >= 4 is 0 Å². The van der Waals surface area contributed by atoms with Gasteiger partial charge in [-0.3, -0.25) is 0 Å². The van der Waals surface area contributed by atoms with Crippen molar-refractivity contribution in [3.8, 4) is 0 Å². The standard InChI is InChI=1S/C11H24N2O/c1-11(2)5-4-9(10(11)12)8-13(3)6-7-14/h9-10,14H,4-8,12H2,1-3H3. The SMILES string of the molecule is CN(CCO)CC1CCC(C)(C)C1N. The quantitative estimate of drug-likeness (QED) is 0.701. The molecule has 0 heterocycles. The van der Waals surface area contributed by atoms with Crippen LogP contribution in [0.5, 0.6) is 0 Å². The van der Waals surface area contributed by atoms with E-state index in [0.29, 0.717) is 17.4 Å². The Labute approximate surface area is 87.3 Å². The Morgan fingerprint density at radius 3 is 2.57 bits per heavy atom. The first-order chi connectivity index (χ1) is 6.47. The topological polar surface area (TPSA) is 49.5 Å². The summed E-state index contributed by atoms with van der Waals surface area (Å²) in [6.07, 6.45) is 2.45. The normalized spacial score (nSPS) is 31.3. The zero-order chi connectivity index (χ0) is 10.8. The summed E-state index contributed by atoms with van der Waals surface area (Å²) in [6, 6.07) is 0.309. The van der Waals surface area contributed by atoms with Gasteiger partial charge in [-0.1, -0.05) is 13.8 Å². The number of likely N-dealkylation sites (N-methyl/N-ethyl adjacent to an activating group) is 1. The fraction of sp³-hybridized carbons (Fsp3) is 1.00. The molecule has 3 heteroatoms. The van der Waals surface area contributed by atoms with Gasteiger partial charge in [0.25, 0.3) is 0 Å². The van der Waals surface area contributed by atoms with E-state index in [1.54, 1.807) is 0 Å². The van der Waals surface area contributed by atoms with Gasteiger partial charge in [0.05, 0.1) is 6.61 Å². The molecule has 1 fully saturated rings. The van der Waals surface area contributed by atoms with E-state index in [0.717, 1.165) is 13.1 Å². The van der Waals surface area contributed by atoms with Crippen molar-refractivity contribution in [3.63, 3.8) is 0 Å². The largest absolute Gasteiger partial charge is 0.395 e. The van der Waals surface area contributed by atoms with Gasteiger partial charge in [0.15, 0.2) is 0 Å². The maximum absolute atomic E-state index is 8.81. The molecule has 0 aromatic rings. The molecule has 1 aliphatic rings. The smallest absolute Gasteiger partial charge is 0.0558 e. The van der Waals surface area contributed by atoms with Gasteiger partial charge in [-0.05, 0) is 31.2 Å². The summed E-state index contributed by atoms with van der Waals surface area (Å²) >= 11 is 0. The highest BCUT2D eigenvalue weighted by atomic mass is 16.3. The van der Waals surface area contributed by atoms with Crippen molar-refractivity contribution in [3.05, 3.63) is 0 Å². The summed E-state index contributed by atoms with van der Waals surface area (Å²) in [6.45, 7) is 6.52. The number of hydrogen-bond donors (Lipinski definition) is 2. The third kappa shape index (κ3) is 2.69. The molecule has 3 N–H and O–H groups in total. The van der Waals surface area contributed by atoms with Gasteiger partial charge in [0.2, 0.25) is 0 Å². The van der Waals surface area contributed by atoms with E-state index in [4.69, 9.17) is 10.8 Å². The summed E-state index contributed by atoms with van der Waals surface area (Å²) in [5, 5.41) is 8.81. The van der Waals surface area contributed by atoms with E-state index in [9.17, 15) is 0 Å². The zero-order valence-corrected chi connectivity index (χ0v) is 9.66. The minimum Gasteiger partial charge on any atom is -0.395 e. The molecule has 0 aliphatic heterocycles. The van der Waals surface area contributed by atoms with Crippen LogP contribution in [0.4, 0.5) is 0 Å². The third-order valence-electron chi connectivity index (χ3n) is 3.60. The van der Waals surface area contributed by atoms with E-state index in [2.05, 4.69) is 18.7 Å². The van der Waals surface area contributed by atoms with Crippen molar-refractivity contribution < 1.29 is 5.11 Å². The van der Waals surface area contributed by atoms with Crippen LogP contribution < -0.4 is 5.73 Å². The predicted molar refractivity (Wildman–Crippen MR) is 59.1 cm³/mol. The van der Waals surface area contributed by atoms with Gasteiger partial charge in [-0.15, -0.1) is 0 Å². The van der Waals surface area contributed by atoms with Gasteiger partial charge in [-0.2, -0.15) is 0 Å². The number of nitrogens with zero attached hydrogens (tertiary/aromatic N) is 1. The van der Waals surface area contributed by atoms with Gasteiger partial charge in [-0.25, -0.2) is 0 Å². The average molecular weight is 200 g/mol. The lowest BCUT2D eigenvalue weighted by Gasteiger charge is -2.29. The molecule has 1 aliphatic carbocycles. The molecule has 2 atom stereocenters. The van der Waals surface area contributed by atoms with Crippen LogP contribution in [0.2, 0.25) is 0 Å². The van der Waals surface area contributed by atoms with Gasteiger partial charge in [0.1, 0.15) is 0 Å². The van der Waals surface area contributed by atoms with Crippen molar-refractivity contribution in [2.45, 2.75) is 32.7 Å². The second kappa shape index (κ2) is 4.60. The van der Waals surface area contributed by atoms with Crippen molar-refractivity contribution in [1.82, 2.24) is 4.90 Å². The maximum Gasteiger partial charge on any atom is 0.0558 e. The van der Waals surface area contributed by atoms with E-state index in [1.807, 2.05) is 7.05 Å². The fourth-order valence-corrected chi connectivity index (χ4v) is 2.41. The highest BCUT2D eigenvalue weighted by Gasteiger charge is 2.39. The molecule has 0 radical (unpaired) electrons. The number of aliphatic hydroxyl groups excluding tert-OH is 1. The molecule has 2 unspecified atom stereocenters. The maximum atomic E-state index is 8.81. The Balaban J connectivity index is 2.40. The molecule has 0 spiro atoms. The summed E-state index contributed by atoms with van der Waals surface area (Å²) in [7, 11) is 2.05. The van der Waals surface area contributed by atoms with Crippen LogP contribution in [0, 0.1) is 11.3 Å². The van der Waals surface area contributed by atoms with Crippen LogP contribution in [0.1, 0.15) is 26.7 Å². The first kappa shape index (κ1) is 12.0. The van der Waals surface area contributed by atoms with Crippen LogP contribution in [-0.2, 0) is 0 Å². The number of nitrogens with two attached hydrogens (primary N) is 1. The van der Waals surface area contributed by atoms with Crippen LogP contribution in [-0.4, -0.2) is 42.8 Å². The van der Waals surface area contributed by atoms with E-state index >= 15 is 0 Å². The molecule has 0 saturated heterocycles. The number of hydrogen-bond acceptors (Lipinski definition) is 3. The van der Waals surface area contributed by atoms with Gasteiger partial charge in [0, 0.05) is 19.1 Å². The van der Waals surface area contributed by atoms with E-state index in [1.165, 1.54) is 12.8 Å². The number of rotatable bonds is 4. The third-order valence-corrected chi connectivity index (χ3v) is 3.60. The molecule has 0 bridgehead atoms. The first-order valence-corrected chi connectivity index (χ1v) is 5.52. The Morgan fingerprint density at radius 2 is 2.14 bits per heavy atom. The first-order valence-electron chi connectivity index (χ1n) is 5.52. The summed E-state index contributed by atoms with van der Waals surface area (Å²) < 4.78 is 0. The molecule has 0 amide bonds. The summed E-state index contributed by atoms with van der Waals surface area (Å²) in [5.74, 6) is 0.599. The molecule has 84 valence electrons. The van der Waals surface area contributed by atoms with Crippen molar-refractivity contribution in [2.75, 3.05) is 26.7 Å². The molecule has 3 nitrogen and oxygen atoms in total. The summed E-state index contributed by atoms with van der Waals surface area (Å²) in [5.41, 5.74) is 6.51. The molecule has 0 aromatic heterocycles. The Morgan fingerprint density at radius 1 is 1.50 bits per heavy atom. The molecular weight excluding hydrogens is 176 g/mol. The molecule has 0 aromatic carbocycles. The molecular formula is C11H24N2O. The highest BCUT2D eigenvalue weighted by Crippen LogP contribution is 2.40. The lowest BCUT2D eigenvalue weighted by atomic mass is 9.85. The van der Waals surface area contributed by atoms with Crippen LogP contribution in [0.25, 0.3) is 0 Å². The van der Waals surface area contributed by atoms with Gasteiger partial charge < -0.3 is 15.7 Å².